The first-order valence-electron chi connectivity index (χ1n) is 10.6. The Morgan fingerprint density at radius 2 is 1.94 bits per heavy atom. The van der Waals surface area contributed by atoms with Crippen LogP contribution in [0.1, 0.15) is 43.2 Å². The van der Waals surface area contributed by atoms with Crippen molar-refractivity contribution in [3.05, 3.63) is 80.4 Å². The number of carbonyl (C=O) groups excluding carboxylic acids is 1. The van der Waals surface area contributed by atoms with Crippen molar-refractivity contribution in [3.63, 3.8) is 0 Å². The highest BCUT2D eigenvalue weighted by atomic mass is 35.5. The van der Waals surface area contributed by atoms with Crippen LogP contribution in [-0.4, -0.2) is 12.4 Å². The number of nitrogens with zero attached hydrogens (tertiary/aromatic N) is 1. The molecule has 0 saturated heterocycles. The smallest absolute Gasteiger partial charge is 0.205 e. The summed E-state index contributed by atoms with van der Waals surface area (Å²) in [5, 5.41) is 10.7. The summed E-state index contributed by atoms with van der Waals surface area (Å²) in [6, 6.07) is 12.8. The first-order valence-corrected chi connectivity index (χ1v) is 11.4. The lowest BCUT2D eigenvalue weighted by atomic mass is 9.77. The van der Waals surface area contributed by atoms with Crippen molar-refractivity contribution in [2.24, 2.45) is 5.73 Å². The minimum absolute atomic E-state index is 0.00750. The number of allylic oxidation sites excluding steroid dienone is 3. The van der Waals surface area contributed by atoms with Gasteiger partial charge < -0.3 is 19.9 Å². The van der Waals surface area contributed by atoms with E-state index in [9.17, 15) is 10.1 Å². The molecule has 170 valence electrons. The standard InChI is InChI=1S/C25H22Cl2N2O4/c1-2-31-21-11-15(10-18(27)24(21)32-13-14-6-8-16(26)9-7-14)22-17(12-28)25(29)33-20-5-3-4-19(30)23(20)22/h6-11,22H,2-5,13,29H2,1H3/t22-/m1/s1. The zero-order chi connectivity index (χ0) is 23.5. The molecule has 2 aromatic rings. The molecule has 0 bridgehead atoms. The van der Waals surface area contributed by atoms with E-state index in [2.05, 4.69) is 6.07 Å². The van der Waals surface area contributed by atoms with Crippen LogP contribution >= 0.6 is 23.2 Å². The molecule has 6 nitrogen and oxygen atoms in total. The van der Waals surface area contributed by atoms with Gasteiger partial charge in [0.15, 0.2) is 17.3 Å². The summed E-state index contributed by atoms with van der Waals surface area (Å²) in [4.78, 5) is 12.8. The molecular weight excluding hydrogens is 463 g/mol. The first kappa shape index (κ1) is 23.0. The Bertz CT molecular complexity index is 1200. The summed E-state index contributed by atoms with van der Waals surface area (Å²) in [7, 11) is 0. The van der Waals surface area contributed by atoms with Gasteiger partial charge in [-0.3, -0.25) is 4.79 Å². The fraction of sp³-hybridized carbons (Fsp3) is 0.280. The second-order valence-electron chi connectivity index (χ2n) is 7.72. The molecular formula is C25H22Cl2N2O4. The fourth-order valence-corrected chi connectivity index (χ4v) is 4.48. The molecule has 1 atom stereocenters. The summed E-state index contributed by atoms with van der Waals surface area (Å²) in [5.41, 5.74) is 8.22. The van der Waals surface area contributed by atoms with Crippen LogP contribution in [0, 0.1) is 11.3 Å². The third-order valence-corrected chi connectivity index (χ3v) is 6.10. The van der Waals surface area contributed by atoms with E-state index >= 15 is 0 Å². The van der Waals surface area contributed by atoms with Crippen LogP contribution in [0.5, 0.6) is 11.5 Å². The highest BCUT2D eigenvalue weighted by Gasteiger charge is 2.38. The Kier molecular flexibility index (Phi) is 6.83. The molecule has 0 amide bonds. The number of ether oxygens (including phenoxy) is 3. The second-order valence-corrected chi connectivity index (χ2v) is 8.56. The highest BCUT2D eigenvalue weighted by Crippen LogP contribution is 2.47. The Hall–Kier alpha value is -3.14. The predicted molar refractivity (Wildman–Crippen MR) is 125 cm³/mol. The van der Waals surface area contributed by atoms with E-state index < -0.39 is 5.92 Å². The van der Waals surface area contributed by atoms with E-state index in [1.54, 1.807) is 24.3 Å². The normalized spacial score (nSPS) is 17.9. The van der Waals surface area contributed by atoms with Crippen LogP contribution in [0.15, 0.2) is 59.2 Å². The van der Waals surface area contributed by atoms with Gasteiger partial charge in [-0.25, -0.2) is 0 Å². The Morgan fingerprint density at radius 3 is 2.64 bits per heavy atom. The molecule has 0 spiro atoms. The number of carbonyl (C=O) groups is 1. The van der Waals surface area contributed by atoms with Crippen LogP contribution in [0.25, 0.3) is 0 Å². The largest absolute Gasteiger partial charge is 0.490 e. The van der Waals surface area contributed by atoms with Crippen molar-refractivity contribution in [2.75, 3.05) is 6.61 Å². The van der Waals surface area contributed by atoms with Crippen LogP contribution in [0.4, 0.5) is 0 Å². The third-order valence-electron chi connectivity index (χ3n) is 5.57. The number of hydrogen-bond acceptors (Lipinski definition) is 6. The second kappa shape index (κ2) is 9.78. The van der Waals surface area contributed by atoms with Gasteiger partial charge in [-0.1, -0.05) is 35.3 Å². The van der Waals surface area contributed by atoms with Gasteiger partial charge in [-0.05, 0) is 48.7 Å². The quantitative estimate of drug-likeness (QED) is 0.557. The number of hydrogen-bond donors (Lipinski definition) is 1. The van der Waals surface area contributed by atoms with E-state index in [1.807, 2.05) is 19.1 Å². The van der Waals surface area contributed by atoms with Crippen LogP contribution in [-0.2, 0) is 16.1 Å². The average molecular weight is 485 g/mol. The maximum atomic E-state index is 12.8. The SMILES string of the molecule is CCOc1cc([C@@H]2C(C#N)=C(N)OC3=C2C(=O)CCC3)cc(Cl)c1OCc1ccc(Cl)cc1. The zero-order valence-electron chi connectivity index (χ0n) is 18.0. The zero-order valence-corrected chi connectivity index (χ0v) is 19.5. The summed E-state index contributed by atoms with van der Waals surface area (Å²) >= 11 is 12.6. The number of Topliss-reactive ketones (excluding diaryl/α,β-unsaturated/α-hetero) is 1. The van der Waals surface area contributed by atoms with E-state index in [1.165, 1.54) is 0 Å². The van der Waals surface area contributed by atoms with Gasteiger partial charge in [0, 0.05) is 23.4 Å². The van der Waals surface area contributed by atoms with Crippen molar-refractivity contribution in [1.29, 1.82) is 5.26 Å². The highest BCUT2D eigenvalue weighted by molar-refractivity contribution is 6.32. The predicted octanol–water partition coefficient (Wildman–Crippen LogP) is 5.79. The monoisotopic (exact) mass is 484 g/mol. The van der Waals surface area contributed by atoms with Crippen LogP contribution in [0.2, 0.25) is 10.0 Å². The van der Waals surface area contributed by atoms with Gasteiger partial charge in [0.05, 0.1) is 17.5 Å². The minimum atomic E-state index is -0.673. The molecule has 1 aliphatic carbocycles. The number of ketones is 1. The average Bonchev–Trinajstić information content (AvgIpc) is 2.79. The lowest BCUT2D eigenvalue weighted by Gasteiger charge is -2.31. The number of nitriles is 1. The molecule has 1 heterocycles. The maximum absolute atomic E-state index is 12.8. The molecule has 0 radical (unpaired) electrons. The van der Waals surface area contributed by atoms with Crippen molar-refractivity contribution in [2.45, 2.75) is 38.7 Å². The van der Waals surface area contributed by atoms with Crippen LogP contribution < -0.4 is 15.2 Å². The van der Waals surface area contributed by atoms with Gasteiger partial charge >= 0.3 is 0 Å². The molecule has 2 N–H and O–H groups in total. The van der Waals surface area contributed by atoms with E-state index in [0.29, 0.717) is 64.3 Å². The van der Waals surface area contributed by atoms with Crippen molar-refractivity contribution >= 4 is 29.0 Å². The number of nitrogens with two attached hydrogens (primary N) is 1. The van der Waals surface area contributed by atoms with Crippen molar-refractivity contribution < 1.29 is 19.0 Å². The molecule has 0 aromatic heterocycles. The summed E-state index contributed by atoms with van der Waals surface area (Å²) in [6.07, 6.45) is 1.67. The van der Waals surface area contributed by atoms with Gasteiger partial charge in [0.25, 0.3) is 0 Å². The van der Waals surface area contributed by atoms with Gasteiger partial charge in [0.2, 0.25) is 5.88 Å². The molecule has 8 heteroatoms. The van der Waals surface area contributed by atoms with Crippen molar-refractivity contribution in [1.82, 2.24) is 0 Å². The molecule has 2 aliphatic rings. The van der Waals surface area contributed by atoms with E-state index in [-0.39, 0.29) is 23.8 Å². The number of benzene rings is 2. The van der Waals surface area contributed by atoms with Crippen LogP contribution in [0.3, 0.4) is 0 Å². The Labute approximate surface area is 202 Å². The molecule has 4 rings (SSSR count). The van der Waals surface area contributed by atoms with Crippen molar-refractivity contribution in [3.8, 4) is 17.6 Å². The molecule has 0 unspecified atom stereocenters. The lowest BCUT2D eigenvalue weighted by molar-refractivity contribution is -0.116. The van der Waals surface area contributed by atoms with E-state index in [4.69, 9.17) is 43.1 Å². The topological polar surface area (TPSA) is 94.6 Å². The minimum Gasteiger partial charge on any atom is -0.490 e. The molecule has 2 aromatic carbocycles. The fourth-order valence-electron chi connectivity index (χ4n) is 4.08. The molecule has 0 fully saturated rings. The van der Waals surface area contributed by atoms with Gasteiger partial charge in [0.1, 0.15) is 24.0 Å². The molecule has 0 saturated carbocycles. The van der Waals surface area contributed by atoms with Gasteiger partial charge in [-0.15, -0.1) is 0 Å². The Morgan fingerprint density at radius 1 is 1.18 bits per heavy atom. The third kappa shape index (κ3) is 4.66. The molecule has 33 heavy (non-hydrogen) atoms. The summed E-state index contributed by atoms with van der Waals surface area (Å²) in [5.74, 6) is 0.593. The lowest BCUT2D eigenvalue weighted by Crippen LogP contribution is -2.27. The first-order chi connectivity index (χ1) is 15.9. The van der Waals surface area contributed by atoms with E-state index in [0.717, 1.165) is 5.56 Å². The maximum Gasteiger partial charge on any atom is 0.205 e. The van der Waals surface area contributed by atoms with Gasteiger partial charge in [-0.2, -0.15) is 5.26 Å². The summed E-state index contributed by atoms with van der Waals surface area (Å²) < 4.78 is 17.4. The number of halogens is 2. The Balaban J connectivity index is 1.75. The number of rotatable bonds is 6. The molecule has 1 aliphatic heterocycles. The summed E-state index contributed by atoms with van der Waals surface area (Å²) in [6.45, 7) is 2.49.